The van der Waals surface area contributed by atoms with Crippen molar-refractivity contribution in [2.45, 2.75) is 67.0 Å². The molecule has 31 heavy (non-hydrogen) atoms. The summed E-state index contributed by atoms with van der Waals surface area (Å²) in [6.07, 6.45) is 6.96. The van der Waals surface area contributed by atoms with E-state index < -0.39 is 10.0 Å². The number of benzene rings is 1. The molecule has 1 aromatic heterocycles. The number of anilines is 1. The first-order chi connectivity index (χ1) is 15.0. The molecule has 2 heterocycles. The number of rotatable bonds is 9. The van der Waals surface area contributed by atoms with Crippen LogP contribution in [0.4, 0.5) is 5.69 Å². The minimum absolute atomic E-state index is 0.0949. The maximum atomic E-state index is 12.6. The van der Waals surface area contributed by atoms with Crippen LogP contribution in [0.5, 0.6) is 0 Å². The number of aromatic nitrogens is 3. The molecule has 10 heteroatoms. The fraction of sp³-hybridized carbons (Fsp3) is 0.571. The predicted octanol–water partition coefficient (Wildman–Crippen LogP) is 3.40. The van der Waals surface area contributed by atoms with Crippen molar-refractivity contribution in [3.63, 3.8) is 0 Å². The number of carbonyl (C=O) groups is 1. The van der Waals surface area contributed by atoms with E-state index in [1.54, 1.807) is 36.0 Å². The van der Waals surface area contributed by atoms with Gasteiger partial charge in [-0.3, -0.25) is 4.79 Å². The monoisotopic (exact) mass is 461 g/mol. The van der Waals surface area contributed by atoms with Gasteiger partial charge >= 0.3 is 0 Å². The number of sulfonamides is 1. The molecule has 1 aromatic carbocycles. The van der Waals surface area contributed by atoms with Gasteiger partial charge in [-0.15, -0.1) is 10.2 Å². The van der Waals surface area contributed by atoms with Gasteiger partial charge < -0.3 is 9.88 Å². The highest BCUT2D eigenvalue weighted by Crippen LogP contribution is 2.46. The zero-order valence-electron chi connectivity index (χ0n) is 17.4. The lowest BCUT2D eigenvalue weighted by Gasteiger charge is -2.15. The molecule has 1 N–H and O–H groups in total. The molecule has 1 aliphatic heterocycles. The fourth-order valence-corrected chi connectivity index (χ4v) is 6.40. The van der Waals surface area contributed by atoms with Gasteiger partial charge in [0.25, 0.3) is 0 Å². The van der Waals surface area contributed by atoms with Crippen LogP contribution in [0.25, 0.3) is 0 Å². The number of carbonyl (C=O) groups excluding carboxylic acids is 1. The molecular formula is C21H27N5O3S2. The first-order valence-electron chi connectivity index (χ1n) is 11.0. The van der Waals surface area contributed by atoms with Crippen LogP contribution in [0.15, 0.2) is 34.3 Å². The third kappa shape index (κ3) is 4.65. The molecule has 3 fully saturated rings. The van der Waals surface area contributed by atoms with Gasteiger partial charge in [-0.2, -0.15) is 4.31 Å². The van der Waals surface area contributed by atoms with E-state index in [0.29, 0.717) is 42.9 Å². The van der Waals surface area contributed by atoms with Crippen molar-refractivity contribution < 1.29 is 13.2 Å². The topological polar surface area (TPSA) is 97.2 Å². The summed E-state index contributed by atoms with van der Waals surface area (Å²) in [5.74, 6) is 2.23. The lowest BCUT2D eigenvalue weighted by atomic mass is 10.3. The highest BCUT2D eigenvalue weighted by Gasteiger charge is 2.36. The van der Waals surface area contributed by atoms with Crippen molar-refractivity contribution in [3.8, 4) is 0 Å². The zero-order chi connectivity index (χ0) is 21.4. The van der Waals surface area contributed by atoms with E-state index in [-0.39, 0.29) is 10.8 Å². The zero-order valence-corrected chi connectivity index (χ0v) is 19.0. The molecule has 0 atom stereocenters. The first kappa shape index (κ1) is 21.0. The minimum atomic E-state index is -3.43. The summed E-state index contributed by atoms with van der Waals surface area (Å²) in [6.45, 7) is 1.16. The molecule has 2 aliphatic carbocycles. The highest BCUT2D eigenvalue weighted by atomic mass is 32.2. The summed E-state index contributed by atoms with van der Waals surface area (Å²) < 4.78 is 29.0. The molecule has 2 saturated carbocycles. The number of nitrogens with zero attached hydrogens (tertiary/aromatic N) is 4. The van der Waals surface area contributed by atoms with Gasteiger partial charge in [0.2, 0.25) is 15.9 Å². The van der Waals surface area contributed by atoms with Crippen LogP contribution >= 0.6 is 11.8 Å². The molecule has 0 unspecified atom stereocenters. The Hall–Kier alpha value is -1.91. The summed E-state index contributed by atoms with van der Waals surface area (Å²) in [4.78, 5) is 12.6. The second-order valence-electron chi connectivity index (χ2n) is 8.50. The second kappa shape index (κ2) is 8.55. The van der Waals surface area contributed by atoms with Gasteiger partial charge in [-0.1, -0.05) is 11.8 Å². The molecule has 0 bridgehead atoms. The molecule has 8 nitrogen and oxygen atoms in total. The molecule has 3 aliphatic rings. The Labute approximate surface area is 186 Å². The molecule has 0 radical (unpaired) electrons. The Bertz CT molecular complexity index is 1050. The number of hydrogen-bond donors (Lipinski definition) is 1. The van der Waals surface area contributed by atoms with E-state index in [0.717, 1.165) is 23.8 Å². The van der Waals surface area contributed by atoms with E-state index in [1.807, 2.05) is 0 Å². The minimum Gasteiger partial charge on any atom is -0.326 e. The Morgan fingerprint density at radius 3 is 2.42 bits per heavy atom. The normalized spacial score (nSPS) is 19.6. The van der Waals surface area contributed by atoms with Crippen molar-refractivity contribution in [2.24, 2.45) is 0 Å². The third-order valence-corrected chi connectivity index (χ3v) is 8.80. The molecule has 2 aromatic rings. The quantitative estimate of drug-likeness (QED) is 0.575. The standard InChI is InChI=1S/C21H27N5O3S2/c27-19(11-14-30-21-24-23-20(15-3-4-15)26(21)17-7-8-17)22-16-5-9-18(10-6-16)31(28,29)25-12-1-2-13-25/h5-6,9-10,15,17H,1-4,7-8,11-14H2,(H,22,27). The largest absolute Gasteiger partial charge is 0.326 e. The van der Waals surface area contributed by atoms with E-state index in [4.69, 9.17) is 0 Å². The fourth-order valence-electron chi connectivity index (χ4n) is 3.93. The number of nitrogens with one attached hydrogen (secondary N) is 1. The molecule has 166 valence electrons. The van der Waals surface area contributed by atoms with Crippen molar-refractivity contribution in [1.29, 1.82) is 0 Å². The second-order valence-corrected chi connectivity index (χ2v) is 11.5. The van der Waals surface area contributed by atoms with Crippen molar-refractivity contribution >= 4 is 33.4 Å². The first-order valence-corrected chi connectivity index (χ1v) is 13.4. The summed E-state index contributed by atoms with van der Waals surface area (Å²) in [5.41, 5.74) is 0.604. The molecular weight excluding hydrogens is 434 g/mol. The molecule has 1 amide bonds. The average Bonchev–Trinajstić information content (AvgIpc) is 3.68. The Kier molecular flexibility index (Phi) is 5.78. The van der Waals surface area contributed by atoms with Gasteiger partial charge in [0.1, 0.15) is 5.82 Å². The molecule has 5 rings (SSSR count). The van der Waals surface area contributed by atoms with Crippen LogP contribution in [0.1, 0.15) is 62.7 Å². The Balaban J connectivity index is 1.14. The Morgan fingerprint density at radius 2 is 1.77 bits per heavy atom. The highest BCUT2D eigenvalue weighted by molar-refractivity contribution is 7.99. The van der Waals surface area contributed by atoms with E-state index >= 15 is 0 Å². The van der Waals surface area contributed by atoms with Crippen molar-refractivity contribution in [1.82, 2.24) is 19.1 Å². The maximum Gasteiger partial charge on any atom is 0.243 e. The van der Waals surface area contributed by atoms with Crippen LogP contribution < -0.4 is 5.32 Å². The smallest absolute Gasteiger partial charge is 0.243 e. The summed E-state index contributed by atoms with van der Waals surface area (Å²) in [5, 5.41) is 12.5. The van der Waals surface area contributed by atoms with Crippen LogP contribution in [0.3, 0.4) is 0 Å². The lowest BCUT2D eigenvalue weighted by Crippen LogP contribution is -2.27. The summed E-state index contributed by atoms with van der Waals surface area (Å²) in [7, 11) is -3.43. The third-order valence-electron chi connectivity index (χ3n) is 5.95. The van der Waals surface area contributed by atoms with Crippen LogP contribution in [-0.2, 0) is 14.8 Å². The van der Waals surface area contributed by atoms with E-state index in [9.17, 15) is 13.2 Å². The van der Waals surface area contributed by atoms with Crippen LogP contribution in [0.2, 0.25) is 0 Å². The number of amides is 1. The SMILES string of the molecule is O=C(CCSc1nnc(C2CC2)n1C1CC1)Nc1ccc(S(=O)(=O)N2CCCC2)cc1. The number of hydrogen-bond acceptors (Lipinski definition) is 6. The lowest BCUT2D eigenvalue weighted by molar-refractivity contribution is -0.115. The van der Waals surface area contributed by atoms with Gasteiger partial charge in [0, 0.05) is 42.9 Å². The predicted molar refractivity (Wildman–Crippen MR) is 119 cm³/mol. The van der Waals surface area contributed by atoms with Gasteiger partial charge in [-0.05, 0) is 62.8 Å². The summed E-state index contributed by atoms with van der Waals surface area (Å²) in [6, 6.07) is 6.97. The van der Waals surface area contributed by atoms with Gasteiger partial charge in [0.15, 0.2) is 5.16 Å². The van der Waals surface area contributed by atoms with Gasteiger partial charge in [-0.25, -0.2) is 8.42 Å². The van der Waals surface area contributed by atoms with E-state index in [1.165, 1.54) is 30.0 Å². The summed E-state index contributed by atoms with van der Waals surface area (Å²) >= 11 is 1.58. The van der Waals surface area contributed by atoms with Crippen molar-refractivity contribution in [3.05, 3.63) is 30.1 Å². The van der Waals surface area contributed by atoms with Gasteiger partial charge in [0.05, 0.1) is 4.90 Å². The number of thioether (sulfide) groups is 1. The molecule has 0 spiro atoms. The Morgan fingerprint density at radius 1 is 1.06 bits per heavy atom. The molecule has 1 saturated heterocycles. The maximum absolute atomic E-state index is 12.6. The van der Waals surface area contributed by atoms with Crippen LogP contribution in [-0.4, -0.2) is 52.2 Å². The average molecular weight is 462 g/mol. The van der Waals surface area contributed by atoms with E-state index in [2.05, 4.69) is 20.1 Å². The van der Waals surface area contributed by atoms with Crippen molar-refractivity contribution in [2.75, 3.05) is 24.2 Å². The van der Waals surface area contributed by atoms with Crippen LogP contribution in [0, 0.1) is 0 Å².